The Morgan fingerprint density at radius 2 is 1.26 bits per heavy atom. The summed E-state index contributed by atoms with van der Waals surface area (Å²) < 4.78 is 8.09. The van der Waals surface area contributed by atoms with E-state index in [2.05, 4.69) is 118 Å². The SMILES string of the molecule is CC(Oc1ccc([S+](c2ccccc2)c2ccccc2)cc1)c1cc(I)cc(I)c1O. The number of rotatable bonds is 6. The van der Waals surface area contributed by atoms with Gasteiger partial charge in [-0.3, -0.25) is 0 Å². The predicted molar refractivity (Wildman–Crippen MR) is 144 cm³/mol. The van der Waals surface area contributed by atoms with Crippen LogP contribution in [0.25, 0.3) is 0 Å². The molecular weight excluding hydrogens is 630 g/mol. The quantitative estimate of drug-likeness (QED) is 0.170. The molecule has 5 heteroatoms. The van der Waals surface area contributed by atoms with Gasteiger partial charge < -0.3 is 9.84 Å². The lowest BCUT2D eigenvalue weighted by Crippen LogP contribution is -2.06. The normalized spacial score (nSPS) is 12.0. The molecule has 0 aliphatic rings. The monoisotopic (exact) mass is 651 g/mol. The van der Waals surface area contributed by atoms with Crippen LogP contribution in [-0.2, 0) is 10.9 Å². The second-order valence-electron chi connectivity index (χ2n) is 6.99. The first-order chi connectivity index (χ1) is 15.0. The van der Waals surface area contributed by atoms with E-state index in [4.69, 9.17) is 4.74 Å². The minimum Gasteiger partial charge on any atom is -0.506 e. The molecule has 4 rings (SSSR count). The maximum Gasteiger partial charge on any atom is 0.166 e. The van der Waals surface area contributed by atoms with E-state index in [0.717, 1.165) is 18.5 Å². The molecule has 1 atom stereocenters. The molecule has 0 radical (unpaired) electrons. The Bertz CT molecular complexity index is 1110. The zero-order chi connectivity index (χ0) is 21.8. The first-order valence-corrected chi connectivity index (χ1v) is 13.2. The Morgan fingerprint density at radius 1 is 0.742 bits per heavy atom. The van der Waals surface area contributed by atoms with Crippen molar-refractivity contribution < 1.29 is 9.84 Å². The van der Waals surface area contributed by atoms with Crippen LogP contribution in [0.15, 0.2) is 112 Å². The van der Waals surface area contributed by atoms with Gasteiger partial charge in [0.1, 0.15) is 17.6 Å². The lowest BCUT2D eigenvalue weighted by molar-refractivity contribution is 0.221. The summed E-state index contributed by atoms with van der Waals surface area (Å²) in [6.45, 7) is 1.97. The van der Waals surface area contributed by atoms with Gasteiger partial charge in [0.2, 0.25) is 0 Å². The molecule has 1 unspecified atom stereocenters. The van der Waals surface area contributed by atoms with Gasteiger partial charge in [0.25, 0.3) is 0 Å². The molecule has 0 aliphatic carbocycles. The molecule has 0 aliphatic heterocycles. The molecule has 4 aromatic rings. The zero-order valence-corrected chi connectivity index (χ0v) is 22.0. The van der Waals surface area contributed by atoms with Crippen molar-refractivity contribution in [3.8, 4) is 11.5 Å². The molecule has 0 heterocycles. The standard InChI is InChI=1S/C26H20I2O2S/c1-18(24-16-19(27)17-25(28)26(24)29)30-20-12-14-23(15-13-20)31(21-8-4-2-5-9-21)22-10-6-3-7-11-22/h2-18H,1H3/p+1. The first kappa shape index (κ1) is 22.5. The van der Waals surface area contributed by atoms with Crippen molar-refractivity contribution in [3.05, 3.63) is 110 Å². The fraction of sp³-hybridized carbons (Fsp3) is 0.0769. The zero-order valence-electron chi connectivity index (χ0n) is 16.8. The van der Waals surface area contributed by atoms with Gasteiger partial charge >= 0.3 is 0 Å². The Morgan fingerprint density at radius 3 is 1.81 bits per heavy atom. The van der Waals surface area contributed by atoms with Crippen molar-refractivity contribution >= 4 is 56.1 Å². The molecule has 2 nitrogen and oxygen atoms in total. The van der Waals surface area contributed by atoms with Crippen LogP contribution in [0.1, 0.15) is 18.6 Å². The molecule has 0 fully saturated rings. The van der Waals surface area contributed by atoms with E-state index in [1.54, 1.807) is 0 Å². The highest BCUT2D eigenvalue weighted by atomic mass is 127. The van der Waals surface area contributed by atoms with Gasteiger partial charge in [-0.2, -0.15) is 0 Å². The number of hydrogen-bond donors (Lipinski definition) is 1. The molecule has 0 amide bonds. The van der Waals surface area contributed by atoms with Gasteiger partial charge in [0.05, 0.1) is 14.5 Å². The first-order valence-electron chi connectivity index (χ1n) is 9.82. The number of phenols is 1. The topological polar surface area (TPSA) is 29.5 Å². The van der Waals surface area contributed by atoms with Crippen LogP contribution < -0.4 is 4.74 Å². The van der Waals surface area contributed by atoms with Crippen molar-refractivity contribution in [1.82, 2.24) is 0 Å². The van der Waals surface area contributed by atoms with Gasteiger partial charge in [0, 0.05) is 9.13 Å². The van der Waals surface area contributed by atoms with E-state index in [0.29, 0.717) is 5.75 Å². The van der Waals surface area contributed by atoms with Crippen molar-refractivity contribution in [2.45, 2.75) is 27.7 Å². The number of ether oxygens (including phenoxy) is 1. The van der Waals surface area contributed by atoms with E-state index >= 15 is 0 Å². The van der Waals surface area contributed by atoms with Gasteiger partial charge in [-0.1, -0.05) is 36.4 Å². The fourth-order valence-electron chi connectivity index (χ4n) is 3.34. The molecule has 4 aromatic carbocycles. The van der Waals surface area contributed by atoms with Crippen LogP contribution in [0, 0.1) is 7.14 Å². The highest BCUT2D eigenvalue weighted by Gasteiger charge is 2.28. The van der Waals surface area contributed by atoms with Crippen LogP contribution in [0.5, 0.6) is 11.5 Å². The maximum atomic E-state index is 10.4. The second-order valence-corrected chi connectivity index (χ2v) is 11.4. The largest absolute Gasteiger partial charge is 0.506 e. The van der Waals surface area contributed by atoms with Gasteiger partial charge in [-0.15, -0.1) is 0 Å². The van der Waals surface area contributed by atoms with Gasteiger partial charge in [0.15, 0.2) is 14.7 Å². The Balaban J connectivity index is 1.61. The van der Waals surface area contributed by atoms with Crippen LogP contribution >= 0.6 is 45.2 Å². The molecule has 0 spiro atoms. The number of halogens is 2. The number of benzene rings is 4. The average Bonchev–Trinajstić information content (AvgIpc) is 2.79. The second kappa shape index (κ2) is 10.3. The Hall–Kier alpha value is -1.71. The summed E-state index contributed by atoms with van der Waals surface area (Å²) in [7, 11) is -0.179. The van der Waals surface area contributed by atoms with Crippen LogP contribution in [0.3, 0.4) is 0 Å². The summed E-state index contributed by atoms with van der Waals surface area (Å²) in [6, 6.07) is 33.5. The Kier molecular flexibility index (Phi) is 7.45. The highest BCUT2D eigenvalue weighted by molar-refractivity contribution is 14.1. The molecule has 0 saturated heterocycles. The molecule has 156 valence electrons. The molecule has 1 N–H and O–H groups in total. The molecule has 31 heavy (non-hydrogen) atoms. The van der Waals surface area contributed by atoms with E-state index in [1.165, 1.54) is 14.7 Å². The van der Waals surface area contributed by atoms with Crippen molar-refractivity contribution in [3.63, 3.8) is 0 Å². The number of phenolic OH excluding ortho intramolecular Hbond substituents is 1. The molecular formula is C26H21I2O2S+. The average molecular weight is 651 g/mol. The third kappa shape index (κ3) is 5.38. The van der Waals surface area contributed by atoms with E-state index in [1.807, 2.05) is 31.2 Å². The van der Waals surface area contributed by atoms with Crippen molar-refractivity contribution in [1.29, 1.82) is 0 Å². The maximum absolute atomic E-state index is 10.4. The van der Waals surface area contributed by atoms with E-state index in [9.17, 15) is 5.11 Å². The third-order valence-corrected chi connectivity index (χ3v) is 8.50. The van der Waals surface area contributed by atoms with Gasteiger partial charge in [-0.25, -0.2) is 0 Å². The van der Waals surface area contributed by atoms with E-state index in [-0.39, 0.29) is 17.0 Å². The molecule has 0 bridgehead atoms. The molecule has 0 saturated carbocycles. The summed E-state index contributed by atoms with van der Waals surface area (Å²) in [5, 5.41) is 10.4. The van der Waals surface area contributed by atoms with Crippen molar-refractivity contribution in [2.24, 2.45) is 0 Å². The van der Waals surface area contributed by atoms with Crippen LogP contribution in [-0.4, -0.2) is 5.11 Å². The minimum atomic E-state index is -0.254. The molecule has 0 aromatic heterocycles. The smallest absolute Gasteiger partial charge is 0.166 e. The highest BCUT2D eigenvalue weighted by Crippen LogP contribution is 2.35. The van der Waals surface area contributed by atoms with Crippen LogP contribution in [0.4, 0.5) is 0 Å². The third-order valence-electron chi connectivity index (χ3n) is 4.83. The van der Waals surface area contributed by atoms with Gasteiger partial charge in [-0.05, 0) is 113 Å². The van der Waals surface area contributed by atoms with E-state index < -0.39 is 0 Å². The summed E-state index contributed by atoms with van der Waals surface area (Å²) in [4.78, 5) is 3.81. The summed E-state index contributed by atoms with van der Waals surface area (Å²) >= 11 is 4.42. The lowest BCUT2D eigenvalue weighted by Gasteiger charge is -2.17. The summed E-state index contributed by atoms with van der Waals surface area (Å²) in [5.74, 6) is 1.08. The van der Waals surface area contributed by atoms with Crippen LogP contribution in [0.2, 0.25) is 0 Å². The summed E-state index contributed by atoms with van der Waals surface area (Å²) in [5.41, 5.74) is 0.800. The fourth-order valence-corrected chi connectivity index (χ4v) is 7.31. The number of aromatic hydroxyl groups is 1. The van der Waals surface area contributed by atoms with Crippen molar-refractivity contribution in [2.75, 3.05) is 0 Å². The lowest BCUT2D eigenvalue weighted by atomic mass is 10.1. The summed E-state index contributed by atoms with van der Waals surface area (Å²) in [6.07, 6.45) is -0.254. The minimum absolute atomic E-state index is 0.179. The predicted octanol–water partition coefficient (Wildman–Crippen LogP) is 7.84. The number of hydrogen-bond acceptors (Lipinski definition) is 2. The Labute approximate surface area is 213 Å².